The van der Waals surface area contributed by atoms with Gasteiger partial charge in [-0.15, -0.1) is 0 Å². The van der Waals surface area contributed by atoms with Crippen LogP contribution >= 0.6 is 11.6 Å². The van der Waals surface area contributed by atoms with Crippen molar-refractivity contribution >= 4 is 23.5 Å². The number of amides is 1. The molecular formula is C25H29ClN2O4. The summed E-state index contributed by atoms with van der Waals surface area (Å²) in [5, 5.41) is 12.9. The molecule has 7 heteroatoms. The van der Waals surface area contributed by atoms with Crippen molar-refractivity contribution in [2.24, 2.45) is 0 Å². The number of nitrogens with one attached hydrogen (secondary N) is 1. The predicted molar refractivity (Wildman–Crippen MR) is 123 cm³/mol. The molecule has 2 aromatic rings. The molecule has 0 aromatic heterocycles. The molecule has 1 aliphatic carbocycles. The number of carbonyl (C=O) groups is 2. The topological polar surface area (TPSA) is 78.9 Å². The van der Waals surface area contributed by atoms with Crippen LogP contribution in [0.3, 0.4) is 0 Å². The molecule has 1 saturated carbocycles. The molecule has 32 heavy (non-hydrogen) atoms. The van der Waals surface area contributed by atoms with Gasteiger partial charge in [-0.05, 0) is 62.1 Å². The minimum absolute atomic E-state index is 0.0275. The first-order chi connectivity index (χ1) is 15.4. The molecule has 0 unspecified atom stereocenters. The number of hydrogen-bond donors (Lipinski definition) is 2. The van der Waals surface area contributed by atoms with Crippen molar-refractivity contribution < 1.29 is 19.4 Å². The first-order valence-electron chi connectivity index (χ1n) is 11.2. The summed E-state index contributed by atoms with van der Waals surface area (Å²) in [5.41, 5.74) is 0.615. The third kappa shape index (κ3) is 4.76. The van der Waals surface area contributed by atoms with Gasteiger partial charge in [0, 0.05) is 18.1 Å². The van der Waals surface area contributed by atoms with Crippen LogP contribution < -0.4 is 10.1 Å². The number of halogens is 1. The van der Waals surface area contributed by atoms with E-state index in [0.29, 0.717) is 11.6 Å². The zero-order chi connectivity index (χ0) is 22.7. The van der Waals surface area contributed by atoms with Gasteiger partial charge < -0.3 is 15.2 Å². The van der Waals surface area contributed by atoms with Crippen LogP contribution in [0.2, 0.25) is 5.02 Å². The molecule has 1 amide bonds. The Balaban J connectivity index is 1.42. The van der Waals surface area contributed by atoms with E-state index < -0.39 is 11.5 Å². The van der Waals surface area contributed by atoms with Crippen molar-refractivity contribution in [3.63, 3.8) is 0 Å². The molecule has 0 spiro atoms. The van der Waals surface area contributed by atoms with E-state index in [4.69, 9.17) is 21.4 Å². The Morgan fingerprint density at radius 1 is 1.19 bits per heavy atom. The number of hydrogen-bond acceptors (Lipinski definition) is 4. The Hall–Kier alpha value is -2.57. The lowest BCUT2D eigenvalue weighted by Crippen LogP contribution is -2.57. The largest absolute Gasteiger partial charge is 0.489 e. The van der Waals surface area contributed by atoms with Gasteiger partial charge in [-0.2, -0.15) is 0 Å². The smallest absolute Gasteiger partial charge is 0.335 e. The highest BCUT2D eigenvalue weighted by atomic mass is 35.5. The van der Waals surface area contributed by atoms with E-state index in [0.717, 1.165) is 50.0 Å². The molecule has 2 N–H and O–H groups in total. The van der Waals surface area contributed by atoms with Crippen LogP contribution in [0.25, 0.3) is 0 Å². The molecular weight excluding hydrogens is 428 g/mol. The third-order valence-electron chi connectivity index (χ3n) is 6.71. The minimum Gasteiger partial charge on any atom is -0.489 e. The van der Waals surface area contributed by atoms with Crippen molar-refractivity contribution in [3.8, 4) is 5.75 Å². The number of benzene rings is 2. The number of aromatic carboxylic acids is 1. The van der Waals surface area contributed by atoms with E-state index in [9.17, 15) is 9.59 Å². The van der Waals surface area contributed by atoms with Crippen LogP contribution in [0, 0.1) is 0 Å². The zero-order valence-corrected chi connectivity index (χ0v) is 19.0. The number of ether oxygens (including phenoxy) is 1. The summed E-state index contributed by atoms with van der Waals surface area (Å²) >= 11 is 6.08. The maximum Gasteiger partial charge on any atom is 0.335 e. The highest BCUT2D eigenvalue weighted by Gasteiger charge is 2.49. The summed E-state index contributed by atoms with van der Waals surface area (Å²) in [6.45, 7) is 3.47. The summed E-state index contributed by atoms with van der Waals surface area (Å²) in [6.07, 6.45) is 4.64. The second-order valence-electron chi connectivity index (χ2n) is 8.79. The van der Waals surface area contributed by atoms with Crippen LogP contribution in [0.4, 0.5) is 0 Å². The third-order valence-corrected chi connectivity index (χ3v) is 6.94. The van der Waals surface area contributed by atoms with Crippen molar-refractivity contribution in [3.05, 3.63) is 64.7 Å². The molecule has 2 aromatic carbocycles. The van der Waals surface area contributed by atoms with Gasteiger partial charge in [0.1, 0.15) is 17.4 Å². The van der Waals surface area contributed by atoms with Crippen molar-refractivity contribution in [1.29, 1.82) is 0 Å². The number of carboxylic acid groups (broad SMARTS) is 1. The zero-order valence-electron chi connectivity index (χ0n) is 18.2. The monoisotopic (exact) mass is 456 g/mol. The lowest BCUT2D eigenvalue weighted by Gasteiger charge is -2.38. The first-order valence-corrected chi connectivity index (χ1v) is 11.6. The number of likely N-dealkylation sites (tertiary alicyclic amines) is 1. The predicted octanol–water partition coefficient (Wildman–Crippen LogP) is 4.68. The summed E-state index contributed by atoms with van der Waals surface area (Å²) in [5.74, 6) is -0.150. The molecule has 170 valence electrons. The number of nitrogens with zero attached hydrogens (tertiary/aromatic N) is 1. The maximum absolute atomic E-state index is 13.5. The molecule has 4 rings (SSSR count). The molecule has 6 nitrogen and oxygen atoms in total. The fraction of sp³-hybridized carbons (Fsp3) is 0.440. The second-order valence-corrected chi connectivity index (χ2v) is 9.23. The Morgan fingerprint density at radius 3 is 2.56 bits per heavy atom. The van der Waals surface area contributed by atoms with Crippen LogP contribution in [-0.2, 0) is 4.79 Å². The van der Waals surface area contributed by atoms with E-state index in [1.807, 2.05) is 31.2 Å². The Bertz CT molecular complexity index is 972. The lowest BCUT2D eigenvalue weighted by atomic mass is 9.93. The average molecular weight is 457 g/mol. The Labute approximate surface area is 193 Å². The van der Waals surface area contributed by atoms with Gasteiger partial charge in [-0.3, -0.25) is 9.69 Å². The fourth-order valence-corrected chi connectivity index (χ4v) is 5.10. The molecule has 1 aliphatic heterocycles. The highest BCUT2D eigenvalue weighted by molar-refractivity contribution is 6.30. The van der Waals surface area contributed by atoms with Gasteiger partial charge in [0.05, 0.1) is 11.6 Å². The lowest BCUT2D eigenvalue weighted by molar-refractivity contribution is -0.133. The van der Waals surface area contributed by atoms with Gasteiger partial charge in [0.2, 0.25) is 5.91 Å². The van der Waals surface area contributed by atoms with Gasteiger partial charge in [-0.25, -0.2) is 4.79 Å². The summed E-state index contributed by atoms with van der Waals surface area (Å²) in [4.78, 5) is 26.9. The summed E-state index contributed by atoms with van der Waals surface area (Å²) in [6, 6.07) is 13.9. The van der Waals surface area contributed by atoms with Gasteiger partial charge in [-0.1, -0.05) is 42.6 Å². The van der Waals surface area contributed by atoms with Crippen molar-refractivity contribution in [2.75, 3.05) is 13.1 Å². The van der Waals surface area contributed by atoms with Crippen molar-refractivity contribution in [2.45, 2.75) is 56.7 Å². The highest BCUT2D eigenvalue weighted by Crippen LogP contribution is 2.39. The molecule has 2 atom stereocenters. The molecule has 2 fully saturated rings. The summed E-state index contributed by atoms with van der Waals surface area (Å²) < 4.78 is 6.15. The van der Waals surface area contributed by atoms with Crippen LogP contribution in [-0.4, -0.2) is 46.6 Å². The first kappa shape index (κ1) is 22.6. The Kier molecular flexibility index (Phi) is 6.72. The van der Waals surface area contributed by atoms with E-state index >= 15 is 0 Å². The van der Waals surface area contributed by atoms with Crippen LogP contribution in [0.1, 0.15) is 61.0 Å². The average Bonchev–Trinajstić information content (AvgIpc) is 3.44. The molecule has 2 aliphatic rings. The molecule has 0 radical (unpaired) electrons. The van der Waals surface area contributed by atoms with E-state index in [1.165, 1.54) is 0 Å². The number of carbonyl (C=O) groups excluding carboxylic acids is 1. The van der Waals surface area contributed by atoms with E-state index in [1.54, 1.807) is 24.3 Å². The quantitative estimate of drug-likeness (QED) is 0.632. The fourth-order valence-electron chi connectivity index (χ4n) is 4.92. The van der Waals surface area contributed by atoms with Crippen molar-refractivity contribution in [1.82, 2.24) is 10.2 Å². The second kappa shape index (κ2) is 9.51. The minimum atomic E-state index is -0.957. The van der Waals surface area contributed by atoms with Gasteiger partial charge in [0.15, 0.2) is 0 Å². The van der Waals surface area contributed by atoms with Crippen LogP contribution in [0.5, 0.6) is 5.75 Å². The molecule has 1 saturated heterocycles. The number of rotatable bonds is 7. The molecule has 0 bridgehead atoms. The normalized spacial score (nSPS) is 21.2. The van der Waals surface area contributed by atoms with E-state index in [-0.39, 0.29) is 23.6 Å². The molecule has 1 heterocycles. The standard InChI is InChI=1S/C25H29ClN2O4/c1-17(18-7-9-19(10-8-18)23(29)30)27-24(31)25(12-2-3-13-25)28-14-11-22(16-28)32-21-6-4-5-20(26)15-21/h4-10,15,17,22H,2-3,11-14,16H2,1H3,(H,27,31)(H,29,30)/t17-,22+/m0/s1. The van der Waals surface area contributed by atoms with E-state index in [2.05, 4.69) is 10.2 Å². The van der Waals surface area contributed by atoms with Gasteiger partial charge in [0.25, 0.3) is 0 Å². The van der Waals surface area contributed by atoms with Crippen LogP contribution in [0.15, 0.2) is 48.5 Å². The summed E-state index contributed by atoms with van der Waals surface area (Å²) in [7, 11) is 0. The number of carboxylic acids is 1. The maximum atomic E-state index is 13.5. The SMILES string of the molecule is C[C@H](NC(=O)C1(N2CC[C@@H](Oc3cccc(Cl)c3)C2)CCCC1)c1ccc(C(=O)O)cc1. The van der Waals surface area contributed by atoms with Gasteiger partial charge >= 0.3 is 5.97 Å². The Morgan fingerprint density at radius 2 is 1.91 bits per heavy atom.